The van der Waals surface area contributed by atoms with Crippen LogP contribution in [0.25, 0.3) is 21.3 Å². The second kappa shape index (κ2) is 4.52. The van der Waals surface area contributed by atoms with Crippen molar-refractivity contribution in [2.75, 3.05) is 0 Å². The molecule has 3 heteroatoms. The average Bonchev–Trinajstić information content (AvgIpc) is 2.86. The summed E-state index contributed by atoms with van der Waals surface area (Å²) in [5.74, 6) is 0. The third-order valence-corrected chi connectivity index (χ3v) is 4.07. The van der Waals surface area contributed by atoms with E-state index in [0.29, 0.717) is 0 Å². The van der Waals surface area contributed by atoms with Gasteiger partial charge in [-0.25, -0.2) is 4.98 Å². The van der Waals surface area contributed by atoms with E-state index in [1.807, 2.05) is 24.6 Å². The second-order valence-corrected chi connectivity index (χ2v) is 5.17. The topological polar surface area (TPSA) is 33.1 Å². The van der Waals surface area contributed by atoms with Crippen LogP contribution < -0.4 is 0 Å². The first kappa shape index (κ1) is 11.4. The smallest absolute Gasteiger partial charge is 0.0818 e. The zero-order valence-corrected chi connectivity index (χ0v) is 10.9. The molecule has 0 fully saturated rings. The molecule has 90 valence electrons. The molecule has 1 heterocycles. The molecule has 2 nitrogen and oxygen atoms in total. The molecule has 0 radical (unpaired) electrons. The van der Waals surface area contributed by atoms with Gasteiger partial charge in [-0.3, -0.25) is 0 Å². The number of hydrogen-bond donors (Lipinski definition) is 1. The minimum atomic E-state index is 0.0820. The highest BCUT2D eigenvalue weighted by Crippen LogP contribution is 2.29. The van der Waals surface area contributed by atoms with Crippen LogP contribution in [0.4, 0.5) is 0 Å². The number of nitrogens with zero attached hydrogens (tertiary/aromatic N) is 1. The van der Waals surface area contributed by atoms with Gasteiger partial charge in [-0.2, -0.15) is 0 Å². The van der Waals surface area contributed by atoms with Crippen LogP contribution in [0.2, 0.25) is 0 Å². The van der Waals surface area contributed by atoms with Gasteiger partial charge in [0.25, 0.3) is 0 Å². The Morgan fingerprint density at radius 3 is 2.94 bits per heavy atom. The highest BCUT2D eigenvalue weighted by molar-refractivity contribution is 7.16. The van der Waals surface area contributed by atoms with Crippen molar-refractivity contribution in [1.82, 2.24) is 4.98 Å². The van der Waals surface area contributed by atoms with Crippen molar-refractivity contribution in [1.29, 1.82) is 0 Å². The number of fused-ring (bicyclic) bond motifs is 1. The molecule has 1 N–H and O–H groups in total. The number of aliphatic hydroxyl groups is 1. The Kier molecular flexibility index (Phi) is 2.86. The highest BCUT2D eigenvalue weighted by Gasteiger charge is 2.07. The summed E-state index contributed by atoms with van der Waals surface area (Å²) in [5.41, 5.74) is 7.33. The molecule has 0 saturated carbocycles. The van der Waals surface area contributed by atoms with Gasteiger partial charge in [-0.05, 0) is 41.3 Å². The number of rotatable bonds is 2. The molecule has 2 aromatic carbocycles. The summed E-state index contributed by atoms with van der Waals surface area (Å²) in [5, 5.41) is 9.32. The molecule has 0 spiro atoms. The summed E-state index contributed by atoms with van der Waals surface area (Å²) in [6.07, 6.45) is 0. The monoisotopic (exact) mass is 255 g/mol. The van der Waals surface area contributed by atoms with Crippen molar-refractivity contribution < 1.29 is 5.11 Å². The van der Waals surface area contributed by atoms with Crippen molar-refractivity contribution in [3.8, 4) is 11.1 Å². The standard InChI is InChI=1S/C15H13NOS/c1-10-12(8-17)3-2-4-13(10)11-5-6-15-14(7-11)16-9-18-15/h2-7,9,17H,8H2,1H3. The summed E-state index contributed by atoms with van der Waals surface area (Å²) >= 11 is 1.65. The van der Waals surface area contributed by atoms with Crippen molar-refractivity contribution in [3.05, 3.63) is 53.0 Å². The predicted octanol–water partition coefficient (Wildman–Crippen LogP) is 3.76. The van der Waals surface area contributed by atoms with Gasteiger partial charge in [0.15, 0.2) is 0 Å². The van der Waals surface area contributed by atoms with Crippen LogP contribution in [-0.2, 0) is 6.61 Å². The van der Waals surface area contributed by atoms with Crippen molar-refractivity contribution >= 4 is 21.6 Å². The predicted molar refractivity (Wildman–Crippen MR) is 75.7 cm³/mol. The molecule has 0 aliphatic rings. The van der Waals surface area contributed by atoms with Gasteiger partial charge in [0.05, 0.1) is 22.3 Å². The molecule has 0 aliphatic heterocycles. The van der Waals surface area contributed by atoms with Crippen molar-refractivity contribution in [3.63, 3.8) is 0 Å². The Hall–Kier alpha value is -1.71. The molecular formula is C15H13NOS. The normalized spacial score (nSPS) is 11.0. The van der Waals surface area contributed by atoms with Crippen LogP contribution in [0, 0.1) is 6.92 Å². The lowest BCUT2D eigenvalue weighted by atomic mass is 9.96. The quantitative estimate of drug-likeness (QED) is 0.756. The molecule has 1 aromatic heterocycles. The number of benzene rings is 2. The molecule has 0 aliphatic carbocycles. The van der Waals surface area contributed by atoms with E-state index in [0.717, 1.165) is 27.8 Å². The fourth-order valence-corrected chi connectivity index (χ4v) is 2.85. The fraction of sp³-hybridized carbons (Fsp3) is 0.133. The van der Waals surface area contributed by atoms with Gasteiger partial charge in [0.1, 0.15) is 0 Å². The van der Waals surface area contributed by atoms with Gasteiger partial charge in [0, 0.05) is 0 Å². The number of aliphatic hydroxyl groups excluding tert-OH is 1. The summed E-state index contributed by atoms with van der Waals surface area (Å²) in [6, 6.07) is 12.4. The fourth-order valence-electron chi connectivity index (χ4n) is 2.19. The number of thiazole rings is 1. The average molecular weight is 255 g/mol. The molecule has 0 unspecified atom stereocenters. The van der Waals surface area contributed by atoms with Crippen LogP contribution in [0.3, 0.4) is 0 Å². The Labute approximate surface area is 110 Å². The third-order valence-electron chi connectivity index (χ3n) is 3.26. The van der Waals surface area contributed by atoms with Gasteiger partial charge < -0.3 is 5.11 Å². The van der Waals surface area contributed by atoms with Gasteiger partial charge in [-0.1, -0.05) is 24.3 Å². The summed E-state index contributed by atoms with van der Waals surface area (Å²) in [7, 11) is 0. The molecule has 3 rings (SSSR count). The van der Waals surface area contributed by atoms with E-state index in [1.165, 1.54) is 4.70 Å². The number of aromatic nitrogens is 1. The molecule has 3 aromatic rings. The summed E-state index contributed by atoms with van der Waals surface area (Å²) in [6.45, 7) is 2.13. The summed E-state index contributed by atoms with van der Waals surface area (Å²) in [4.78, 5) is 4.35. The van der Waals surface area contributed by atoms with Crippen molar-refractivity contribution in [2.24, 2.45) is 0 Å². The van der Waals surface area contributed by atoms with Crippen molar-refractivity contribution in [2.45, 2.75) is 13.5 Å². The first-order valence-electron chi connectivity index (χ1n) is 5.82. The maximum absolute atomic E-state index is 9.32. The first-order chi connectivity index (χ1) is 8.79. The number of hydrogen-bond acceptors (Lipinski definition) is 3. The minimum absolute atomic E-state index is 0.0820. The zero-order chi connectivity index (χ0) is 12.5. The molecule has 18 heavy (non-hydrogen) atoms. The second-order valence-electron chi connectivity index (χ2n) is 4.28. The Bertz CT molecular complexity index is 703. The largest absolute Gasteiger partial charge is 0.392 e. The van der Waals surface area contributed by atoms with Crippen LogP contribution >= 0.6 is 11.3 Å². The van der Waals surface area contributed by atoms with Crippen LogP contribution in [0.15, 0.2) is 41.9 Å². The maximum atomic E-state index is 9.32. The SMILES string of the molecule is Cc1c(CO)cccc1-c1ccc2scnc2c1. The van der Waals surface area contributed by atoms with E-state index >= 15 is 0 Å². The lowest BCUT2D eigenvalue weighted by Gasteiger charge is -2.09. The lowest BCUT2D eigenvalue weighted by Crippen LogP contribution is -1.91. The van der Waals surface area contributed by atoms with Crippen LogP contribution in [0.1, 0.15) is 11.1 Å². The van der Waals surface area contributed by atoms with E-state index in [9.17, 15) is 5.11 Å². The van der Waals surface area contributed by atoms with E-state index in [2.05, 4.69) is 29.2 Å². The molecule has 0 amide bonds. The Morgan fingerprint density at radius 2 is 2.11 bits per heavy atom. The van der Waals surface area contributed by atoms with Gasteiger partial charge in [-0.15, -0.1) is 11.3 Å². The van der Waals surface area contributed by atoms with Gasteiger partial charge in [0.2, 0.25) is 0 Å². The molecule has 0 atom stereocenters. The van der Waals surface area contributed by atoms with E-state index in [4.69, 9.17) is 0 Å². The Balaban J connectivity index is 2.19. The van der Waals surface area contributed by atoms with Gasteiger partial charge >= 0.3 is 0 Å². The zero-order valence-electron chi connectivity index (χ0n) is 10.1. The summed E-state index contributed by atoms with van der Waals surface area (Å²) < 4.78 is 1.20. The highest BCUT2D eigenvalue weighted by atomic mass is 32.1. The van der Waals surface area contributed by atoms with Crippen LogP contribution in [0.5, 0.6) is 0 Å². The maximum Gasteiger partial charge on any atom is 0.0818 e. The van der Waals surface area contributed by atoms with E-state index < -0.39 is 0 Å². The van der Waals surface area contributed by atoms with Crippen LogP contribution in [-0.4, -0.2) is 10.1 Å². The minimum Gasteiger partial charge on any atom is -0.392 e. The van der Waals surface area contributed by atoms with E-state index in [-0.39, 0.29) is 6.61 Å². The third kappa shape index (κ3) is 1.82. The van der Waals surface area contributed by atoms with E-state index in [1.54, 1.807) is 11.3 Å². The molecule has 0 saturated heterocycles. The molecular weight excluding hydrogens is 242 g/mol. The lowest BCUT2D eigenvalue weighted by molar-refractivity contribution is 0.281. The first-order valence-corrected chi connectivity index (χ1v) is 6.70. The molecule has 0 bridgehead atoms. The Morgan fingerprint density at radius 1 is 1.22 bits per heavy atom.